The Labute approximate surface area is 104 Å². The Hall–Kier alpha value is -1.32. The maximum absolute atomic E-state index is 12.7. The molecule has 1 aromatic carbocycles. The van der Waals surface area contributed by atoms with Crippen molar-refractivity contribution >= 4 is 5.78 Å². The average molecular weight is 256 g/mol. The van der Waals surface area contributed by atoms with Crippen molar-refractivity contribution < 1.29 is 18.0 Å². The molecular formula is C14H15F3O. The van der Waals surface area contributed by atoms with Crippen LogP contribution in [0.4, 0.5) is 13.2 Å². The van der Waals surface area contributed by atoms with Gasteiger partial charge in [-0.05, 0) is 30.7 Å². The number of halogens is 3. The van der Waals surface area contributed by atoms with E-state index in [2.05, 4.69) is 0 Å². The van der Waals surface area contributed by atoms with Gasteiger partial charge in [-0.3, -0.25) is 4.79 Å². The molecule has 2 atom stereocenters. The fraction of sp³-hybridized carbons (Fsp3) is 0.500. The van der Waals surface area contributed by atoms with Crippen LogP contribution in [0.15, 0.2) is 30.3 Å². The number of benzene rings is 1. The summed E-state index contributed by atoms with van der Waals surface area (Å²) in [5.41, 5.74) is 1.04. The van der Waals surface area contributed by atoms with Crippen LogP contribution < -0.4 is 0 Å². The zero-order chi connectivity index (χ0) is 13.2. The van der Waals surface area contributed by atoms with E-state index in [0.717, 1.165) is 5.56 Å². The van der Waals surface area contributed by atoms with Crippen molar-refractivity contribution in [3.63, 3.8) is 0 Å². The van der Waals surface area contributed by atoms with Crippen LogP contribution in [0.25, 0.3) is 0 Å². The Morgan fingerprint density at radius 1 is 1.00 bits per heavy atom. The number of Topliss-reactive ketones (excluding diaryl/α,β-unsaturated/α-hetero) is 1. The smallest absolute Gasteiger partial charge is 0.299 e. The lowest BCUT2D eigenvalue weighted by atomic mass is 9.91. The second-order valence-corrected chi connectivity index (χ2v) is 4.78. The molecule has 0 spiro atoms. The van der Waals surface area contributed by atoms with E-state index in [-0.39, 0.29) is 18.8 Å². The van der Waals surface area contributed by atoms with Gasteiger partial charge in [0, 0.05) is 6.42 Å². The average Bonchev–Trinajstić information content (AvgIpc) is 2.52. The van der Waals surface area contributed by atoms with Gasteiger partial charge in [-0.25, -0.2) is 0 Å². The van der Waals surface area contributed by atoms with Crippen LogP contribution in [-0.2, 0) is 4.79 Å². The van der Waals surface area contributed by atoms with Gasteiger partial charge < -0.3 is 0 Å². The fourth-order valence-corrected chi connectivity index (χ4v) is 2.57. The van der Waals surface area contributed by atoms with E-state index < -0.39 is 17.9 Å². The van der Waals surface area contributed by atoms with Gasteiger partial charge in [-0.15, -0.1) is 0 Å². The molecule has 1 saturated carbocycles. The predicted molar refractivity (Wildman–Crippen MR) is 62.2 cm³/mol. The van der Waals surface area contributed by atoms with E-state index in [0.29, 0.717) is 12.8 Å². The standard InChI is InChI=1S/C14H15F3O/c15-14(16,17)12-8-6-11(7-9-13(12)18)10-4-2-1-3-5-10/h1-5,11-12H,6-9H2/t11-,12-/m1/s1. The van der Waals surface area contributed by atoms with Crippen molar-refractivity contribution in [1.82, 2.24) is 0 Å². The molecule has 18 heavy (non-hydrogen) atoms. The molecule has 1 aliphatic carbocycles. The molecule has 0 N–H and O–H groups in total. The summed E-state index contributed by atoms with van der Waals surface area (Å²) in [4.78, 5) is 11.5. The maximum Gasteiger partial charge on any atom is 0.398 e. The molecule has 0 amide bonds. The number of carbonyl (C=O) groups excluding carboxylic acids is 1. The zero-order valence-corrected chi connectivity index (χ0v) is 9.91. The minimum Gasteiger partial charge on any atom is -0.299 e. The van der Waals surface area contributed by atoms with E-state index in [9.17, 15) is 18.0 Å². The maximum atomic E-state index is 12.7. The Kier molecular flexibility index (Phi) is 3.73. The van der Waals surface area contributed by atoms with Crippen LogP contribution in [0, 0.1) is 5.92 Å². The van der Waals surface area contributed by atoms with Crippen molar-refractivity contribution in [2.24, 2.45) is 5.92 Å². The Morgan fingerprint density at radius 3 is 2.28 bits per heavy atom. The van der Waals surface area contributed by atoms with E-state index in [1.807, 2.05) is 30.3 Å². The summed E-state index contributed by atoms with van der Waals surface area (Å²) >= 11 is 0. The van der Waals surface area contributed by atoms with E-state index >= 15 is 0 Å². The SMILES string of the molecule is O=C1CC[C@H](c2ccccc2)CC[C@H]1C(F)(F)F. The summed E-state index contributed by atoms with van der Waals surface area (Å²) in [5.74, 6) is -2.34. The molecule has 1 aromatic rings. The molecule has 0 radical (unpaired) electrons. The molecule has 0 unspecified atom stereocenters. The van der Waals surface area contributed by atoms with Gasteiger partial charge >= 0.3 is 6.18 Å². The van der Waals surface area contributed by atoms with E-state index in [4.69, 9.17) is 0 Å². The quantitative estimate of drug-likeness (QED) is 0.691. The first-order valence-corrected chi connectivity index (χ1v) is 6.13. The second kappa shape index (κ2) is 5.12. The van der Waals surface area contributed by atoms with Crippen molar-refractivity contribution in [3.8, 4) is 0 Å². The molecule has 2 rings (SSSR count). The third kappa shape index (κ3) is 2.92. The molecule has 4 heteroatoms. The van der Waals surface area contributed by atoms with Gasteiger partial charge in [0.05, 0.1) is 0 Å². The number of alkyl halides is 3. The molecule has 0 aliphatic heterocycles. The lowest BCUT2D eigenvalue weighted by molar-refractivity contribution is -0.182. The Bertz CT molecular complexity index is 411. The fourth-order valence-electron chi connectivity index (χ4n) is 2.57. The minimum absolute atomic E-state index is 0.0315. The molecular weight excluding hydrogens is 241 g/mol. The lowest BCUT2D eigenvalue weighted by Crippen LogP contribution is -2.29. The van der Waals surface area contributed by atoms with E-state index in [1.165, 1.54) is 0 Å². The summed E-state index contributed by atoms with van der Waals surface area (Å²) in [5, 5.41) is 0. The normalized spacial score (nSPS) is 25.8. The zero-order valence-electron chi connectivity index (χ0n) is 9.91. The third-order valence-electron chi connectivity index (χ3n) is 3.60. The minimum atomic E-state index is -4.39. The highest BCUT2D eigenvalue weighted by atomic mass is 19.4. The van der Waals surface area contributed by atoms with Crippen LogP contribution in [0.1, 0.15) is 37.2 Å². The van der Waals surface area contributed by atoms with Gasteiger partial charge in [0.25, 0.3) is 0 Å². The van der Waals surface area contributed by atoms with Crippen LogP contribution in [0.5, 0.6) is 0 Å². The molecule has 1 nitrogen and oxygen atoms in total. The van der Waals surface area contributed by atoms with Crippen LogP contribution in [0.3, 0.4) is 0 Å². The first kappa shape index (κ1) is 13.1. The summed E-state index contributed by atoms with van der Waals surface area (Å²) in [6, 6.07) is 9.47. The third-order valence-corrected chi connectivity index (χ3v) is 3.60. The van der Waals surface area contributed by atoms with Gasteiger partial charge in [0.15, 0.2) is 0 Å². The number of rotatable bonds is 1. The largest absolute Gasteiger partial charge is 0.398 e. The monoisotopic (exact) mass is 256 g/mol. The van der Waals surface area contributed by atoms with Gasteiger partial charge in [-0.1, -0.05) is 30.3 Å². The van der Waals surface area contributed by atoms with Crippen molar-refractivity contribution in [1.29, 1.82) is 0 Å². The molecule has 0 heterocycles. The van der Waals surface area contributed by atoms with Crippen molar-refractivity contribution in [2.75, 3.05) is 0 Å². The highest BCUT2D eigenvalue weighted by Gasteiger charge is 2.45. The van der Waals surface area contributed by atoms with Crippen molar-refractivity contribution in [3.05, 3.63) is 35.9 Å². The van der Waals surface area contributed by atoms with Gasteiger partial charge in [-0.2, -0.15) is 13.2 Å². The summed E-state index contributed by atoms with van der Waals surface area (Å²) < 4.78 is 38.0. The van der Waals surface area contributed by atoms with Gasteiger partial charge in [0.1, 0.15) is 11.7 Å². The van der Waals surface area contributed by atoms with Crippen molar-refractivity contribution in [2.45, 2.75) is 37.8 Å². The number of hydrogen-bond acceptors (Lipinski definition) is 1. The molecule has 1 aliphatic rings. The Balaban J connectivity index is 2.11. The molecule has 0 aromatic heterocycles. The predicted octanol–water partition coefficient (Wildman–Crippen LogP) is 4.09. The number of ketones is 1. The highest BCUT2D eigenvalue weighted by Crippen LogP contribution is 2.39. The van der Waals surface area contributed by atoms with Crippen LogP contribution >= 0.6 is 0 Å². The number of carbonyl (C=O) groups is 1. The highest BCUT2D eigenvalue weighted by molar-refractivity contribution is 5.82. The summed E-state index contributed by atoms with van der Waals surface area (Å²) in [6.45, 7) is 0. The summed E-state index contributed by atoms with van der Waals surface area (Å²) in [6.07, 6.45) is -3.48. The first-order chi connectivity index (χ1) is 8.48. The first-order valence-electron chi connectivity index (χ1n) is 6.13. The second-order valence-electron chi connectivity index (χ2n) is 4.78. The van der Waals surface area contributed by atoms with E-state index in [1.54, 1.807) is 0 Å². The van der Waals surface area contributed by atoms with Crippen LogP contribution in [-0.4, -0.2) is 12.0 Å². The van der Waals surface area contributed by atoms with Gasteiger partial charge in [0.2, 0.25) is 0 Å². The molecule has 98 valence electrons. The molecule has 0 saturated heterocycles. The van der Waals surface area contributed by atoms with Crippen LogP contribution in [0.2, 0.25) is 0 Å². The topological polar surface area (TPSA) is 17.1 Å². The molecule has 1 fully saturated rings. The summed E-state index contributed by atoms with van der Waals surface area (Å²) in [7, 11) is 0. The molecule has 0 bridgehead atoms. The Morgan fingerprint density at radius 2 is 1.67 bits per heavy atom. The number of hydrogen-bond donors (Lipinski definition) is 0. The lowest BCUT2D eigenvalue weighted by Gasteiger charge is -2.17.